The van der Waals surface area contributed by atoms with E-state index in [1.54, 1.807) is 25.3 Å². The summed E-state index contributed by atoms with van der Waals surface area (Å²) in [5.74, 6) is 1.55. The molecular formula is C24H27N4O5S+. The number of amides is 1. The quantitative estimate of drug-likeness (QED) is 0.508. The van der Waals surface area contributed by atoms with Crippen molar-refractivity contribution < 1.29 is 23.9 Å². The average molecular weight is 484 g/mol. The number of carbonyl (C=O) groups is 1. The van der Waals surface area contributed by atoms with Gasteiger partial charge in [0.1, 0.15) is 6.54 Å². The Balaban J connectivity index is 1.25. The van der Waals surface area contributed by atoms with Gasteiger partial charge < -0.3 is 29.0 Å². The molecule has 2 aliphatic rings. The van der Waals surface area contributed by atoms with Gasteiger partial charge in [0.2, 0.25) is 6.79 Å². The number of benzene rings is 2. The van der Waals surface area contributed by atoms with Gasteiger partial charge in [-0.25, -0.2) is 0 Å². The van der Waals surface area contributed by atoms with E-state index in [-0.39, 0.29) is 18.3 Å². The summed E-state index contributed by atoms with van der Waals surface area (Å²) in [6.45, 7) is 4.98. The summed E-state index contributed by atoms with van der Waals surface area (Å²) in [6, 6.07) is 11.2. The number of rotatable bonds is 6. The lowest BCUT2D eigenvalue weighted by atomic mass is 10.1. The van der Waals surface area contributed by atoms with Crippen LogP contribution in [0.3, 0.4) is 0 Å². The van der Waals surface area contributed by atoms with Crippen LogP contribution in [0.15, 0.2) is 41.2 Å². The molecule has 2 aromatic carbocycles. The van der Waals surface area contributed by atoms with Gasteiger partial charge >= 0.3 is 0 Å². The summed E-state index contributed by atoms with van der Waals surface area (Å²) in [5, 5.41) is 0.499. The van der Waals surface area contributed by atoms with E-state index in [1.165, 1.54) is 15.0 Å². The molecule has 9 nitrogen and oxygen atoms in total. The van der Waals surface area contributed by atoms with Crippen molar-refractivity contribution in [1.82, 2.24) is 14.5 Å². The zero-order valence-corrected chi connectivity index (χ0v) is 19.8. The highest BCUT2D eigenvalue weighted by Crippen LogP contribution is 2.32. The number of carbonyl (C=O) groups excluding carboxylic acids is 1. The molecule has 0 aliphatic carbocycles. The second-order valence-electron chi connectivity index (χ2n) is 8.55. The Morgan fingerprint density at radius 3 is 2.74 bits per heavy atom. The lowest BCUT2D eigenvalue weighted by Gasteiger charge is -2.32. The third-order valence-corrected chi connectivity index (χ3v) is 6.72. The van der Waals surface area contributed by atoms with Gasteiger partial charge in [-0.2, -0.15) is 0 Å². The zero-order chi connectivity index (χ0) is 23.7. The summed E-state index contributed by atoms with van der Waals surface area (Å²) in [7, 11) is 1.58. The Kier molecular flexibility index (Phi) is 6.36. The molecular weight excluding hydrogens is 456 g/mol. The lowest BCUT2D eigenvalue weighted by Crippen LogP contribution is -3.13. The van der Waals surface area contributed by atoms with Gasteiger partial charge in [-0.05, 0) is 48.6 Å². The third kappa shape index (κ3) is 4.44. The second-order valence-corrected chi connectivity index (χ2v) is 8.93. The van der Waals surface area contributed by atoms with E-state index in [9.17, 15) is 9.59 Å². The number of methoxy groups -OCH3 is 1. The van der Waals surface area contributed by atoms with Gasteiger partial charge in [-0.15, -0.1) is 0 Å². The van der Waals surface area contributed by atoms with Gasteiger partial charge in [0.15, 0.2) is 16.3 Å². The summed E-state index contributed by atoms with van der Waals surface area (Å²) in [4.78, 5) is 32.3. The first-order valence-corrected chi connectivity index (χ1v) is 11.7. The molecule has 0 saturated carbocycles. The van der Waals surface area contributed by atoms with Crippen molar-refractivity contribution in [2.75, 3.05) is 46.7 Å². The van der Waals surface area contributed by atoms with E-state index in [0.29, 0.717) is 47.5 Å². The number of nitrogens with one attached hydrogen (secondary N) is 2. The minimum absolute atomic E-state index is 0.0353. The van der Waals surface area contributed by atoms with Crippen LogP contribution in [-0.2, 0) is 17.8 Å². The third-order valence-electron chi connectivity index (χ3n) is 6.40. The predicted molar refractivity (Wildman–Crippen MR) is 128 cm³/mol. The fraction of sp³-hybridized carbons (Fsp3) is 0.375. The van der Waals surface area contributed by atoms with Gasteiger partial charge in [-0.3, -0.25) is 14.2 Å². The molecule has 1 amide bonds. The number of hydrogen-bond donors (Lipinski definition) is 2. The van der Waals surface area contributed by atoms with Crippen LogP contribution >= 0.6 is 12.2 Å². The Morgan fingerprint density at radius 2 is 1.94 bits per heavy atom. The first-order chi connectivity index (χ1) is 16.5. The Hall–Kier alpha value is -3.21. The standard InChI is InChI=1S/C24H26N4O5S/c1-31-11-10-28-23(30)18-4-3-17(13-19(18)25-24(28)34)22(29)27-8-6-26(7-9-27)14-16-2-5-20-21(12-16)33-15-32-20/h2-5,12-13H,6-11,14-15H2,1H3,(H,25,34)/p+1. The highest BCUT2D eigenvalue weighted by atomic mass is 32.1. The Bertz CT molecular complexity index is 1340. The van der Waals surface area contributed by atoms with Crippen molar-refractivity contribution in [2.45, 2.75) is 13.1 Å². The molecule has 0 radical (unpaired) electrons. The van der Waals surface area contributed by atoms with Gasteiger partial charge in [0.05, 0.1) is 50.2 Å². The van der Waals surface area contributed by atoms with E-state index in [1.807, 2.05) is 17.0 Å². The predicted octanol–water partition coefficient (Wildman–Crippen LogP) is 0.975. The van der Waals surface area contributed by atoms with Crippen molar-refractivity contribution in [1.29, 1.82) is 0 Å². The first-order valence-electron chi connectivity index (χ1n) is 11.3. The Labute approximate surface area is 201 Å². The molecule has 2 N–H and O–H groups in total. The number of aromatic nitrogens is 2. The van der Waals surface area contributed by atoms with Gasteiger partial charge in [0.25, 0.3) is 11.5 Å². The van der Waals surface area contributed by atoms with Gasteiger partial charge in [-0.1, -0.05) is 0 Å². The second kappa shape index (κ2) is 9.57. The van der Waals surface area contributed by atoms with Crippen LogP contribution < -0.4 is 19.9 Å². The highest BCUT2D eigenvalue weighted by Gasteiger charge is 2.25. The molecule has 2 aliphatic heterocycles. The number of hydrogen-bond acceptors (Lipinski definition) is 6. The molecule has 3 heterocycles. The van der Waals surface area contributed by atoms with Crippen LogP contribution in [0.4, 0.5) is 0 Å². The molecule has 178 valence electrons. The molecule has 5 rings (SSSR count). The number of ether oxygens (including phenoxy) is 3. The van der Waals surface area contributed by atoms with Crippen molar-refractivity contribution in [3.05, 3.63) is 62.6 Å². The molecule has 0 bridgehead atoms. The largest absolute Gasteiger partial charge is 0.454 e. The average Bonchev–Trinajstić information content (AvgIpc) is 3.32. The fourth-order valence-corrected chi connectivity index (χ4v) is 4.78. The summed E-state index contributed by atoms with van der Waals surface area (Å²) in [6.07, 6.45) is 0. The van der Waals surface area contributed by atoms with E-state index in [4.69, 9.17) is 26.4 Å². The summed E-state index contributed by atoms with van der Waals surface area (Å²) in [5.41, 5.74) is 2.13. The summed E-state index contributed by atoms with van der Waals surface area (Å²) >= 11 is 5.35. The molecule has 0 unspecified atom stereocenters. The minimum atomic E-state index is -0.185. The van der Waals surface area contributed by atoms with E-state index in [2.05, 4.69) is 11.1 Å². The summed E-state index contributed by atoms with van der Waals surface area (Å²) < 4.78 is 17.7. The molecule has 1 aromatic heterocycles. The van der Waals surface area contributed by atoms with Crippen molar-refractivity contribution in [3.8, 4) is 11.5 Å². The van der Waals surface area contributed by atoms with Crippen molar-refractivity contribution in [2.24, 2.45) is 0 Å². The number of piperazine rings is 1. The number of nitrogens with zero attached hydrogens (tertiary/aromatic N) is 2. The highest BCUT2D eigenvalue weighted by molar-refractivity contribution is 7.71. The number of fused-ring (bicyclic) bond motifs is 2. The lowest BCUT2D eigenvalue weighted by molar-refractivity contribution is -0.917. The molecule has 34 heavy (non-hydrogen) atoms. The van der Waals surface area contributed by atoms with Gasteiger partial charge in [0, 0.05) is 18.2 Å². The van der Waals surface area contributed by atoms with Crippen LogP contribution in [0.1, 0.15) is 15.9 Å². The molecule has 10 heteroatoms. The van der Waals surface area contributed by atoms with Crippen LogP contribution in [-0.4, -0.2) is 67.0 Å². The minimum Gasteiger partial charge on any atom is -0.454 e. The number of aromatic amines is 1. The van der Waals surface area contributed by atoms with Crippen molar-refractivity contribution >= 4 is 29.0 Å². The molecule has 1 saturated heterocycles. The number of quaternary nitrogens is 1. The maximum absolute atomic E-state index is 13.2. The van der Waals surface area contributed by atoms with Crippen LogP contribution in [0.2, 0.25) is 0 Å². The van der Waals surface area contributed by atoms with E-state index < -0.39 is 0 Å². The van der Waals surface area contributed by atoms with E-state index >= 15 is 0 Å². The molecule has 0 atom stereocenters. The van der Waals surface area contributed by atoms with E-state index in [0.717, 1.165) is 31.1 Å². The first kappa shape index (κ1) is 22.6. The molecule has 1 fully saturated rings. The van der Waals surface area contributed by atoms with Crippen LogP contribution in [0, 0.1) is 4.77 Å². The normalized spacial score (nSPS) is 15.7. The molecule has 0 spiro atoms. The zero-order valence-electron chi connectivity index (χ0n) is 19.0. The van der Waals surface area contributed by atoms with Crippen LogP contribution in [0.5, 0.6) is 11.5 Å². The fourth-order valence-electron chi connectivity index (χ4n) is 4.50. The van der Waals surface area contributed by atoms with Crippen molar-refractivity contribution in [3.63, 3.8) is 0 Å². The monoisotopic (exact) mass is 483 g/mol. The molecule has 3 aromatic rings. The topological polar surface area (TPSA) is 90.2 Å². The number of H-pyrrole nitrogens is 1. The van der Waals surface area contributed by atoms with Crippen LogP contribution in [0.25, 0.3) is 10.9 Å². The Morgan fingerprint density at radius 1 is 1.15 bits per heavy atom. The maximum atomic E-state index is 13.2. The SMILES string of the molecule is COCCn1c(=S)[nH]c2cc(C(=O)N3CC[NH+](Cc4ccc5c(c4)OCO5)CC3)ccc2c1=O. The smallest absolute Gasteiger partial charge is 0.262 e. The maximum Gasteiger partial charge on any atom is 0.262 e.